The van der Waals surface area contributed by atoms with Gasteiger partial charge in [0.15, 0.2) is 0 Å². The van der Waals surface area contributed by atoms with Gasteiger partial charge in [0.2, 0.25) is 5.95 Å². The Hall–Kier alpha value is -0.885. The minimum atomic E-state index is -0.396. The molecule has 0 unspecified atom stereocenters. The Balaban J connectivity index is 0.00000176. The number of rotatable bonds is 2. The number of piperazine rings is 1. The maximum atomic E-state index is 6.01. The van der Waals surface area contributed by atoms with E-state index in [0.717, 1.165) is 37.6 Å². The summed E-state index contributed by atoms with van der Waals surface area (Å²) in [5, 5.41) is 3.32. The third-order valence-corrected chi connectivity index (χ3v) is 4.58. The molecule has 0 bridgehead atoms. The molecule has 1 aromatic heterocycles. The van der Waals surface area contributed by atoms with Crippen molar-refractivity contribution in [2.75, 3.05) is 31.1 Å². The minimum Gasteiger partial charge on any atom is -0.399 e. The quantitative estimate of drug-likeness (QED) is 0.804. The van der Waals surface area contributed by atoms with Crippen LogP contribution < -0.4 is 15.7 Å². The van der Waals surface area contributed by atoms with Crippen LogP contribution in [0.15, 0.2) is 12.4 Å². The van der Waals surface area contributed by atoms with Gasteiger partial charge >= 0.3 is 7.12 Å². The van der Waals surface area contributed by atoms with Crippen LogP contribution in [0, 0.1) is 0 Å². The number of hydrogen-bond donors (Lipinski definition) is 1. The normalized spacial score (nSPS) is 23.3. The van der Waals surface area contributed by atoms with E-state index in [1.807, 2.05) is 40.1 Å². The number of nitrogens with one attached hydrogen (secondary N) is 1. The Morgan fingerprint density at radius 2 is 1.55 bits per heavy atom. The van der Waals surface area contributed by atoms with Crippen LogP contribution in [0.2, 0.25) is 0 Å². The van der Waals surface area contributed by atoms with Crippen molar-refractivity contribution in [1.29, 1.82) is 0 Å². The van der Waals surface area contributed by atoms with Gasteiger partial charge in [0.25, 0.3) is 0 Å². The molecule has 0 amide bonds. The first-order valence-corrected chi connectivity index (χ1v) is 7.52. The second-order valence-corrected chi connectivity index (χ2v) is 6.64. The van der Waals surface area contributed by atoms with Gasteiger partial charge in [0.05, 0.1) is 11.2 Å². The van der Waals surface area contributed by atoms with Crippen LogP contribution in [0.1, 0.15) is 27.7 Å². The van der Waals surface area contributed by atoms with Crippen LogP contribution in [-0.4, -0.2) is 54.5 Å². The highest BCUT2D eigenvalue weighted by Crippen LogP contribution is 2.36. The van der Waals surface area contributed by atoms with Crippen LogP contribution in [-0.2, 0) is 9.31 Å². The summed E-state index contributed by atoms with van der Waals surface area (Å²) in [5.74, 6) is 0.775. The average molecular weight is 327 g/mol. The molecule has 3 heterocycles. The Labute approximate surface area is 138 Å². The summed E-state index contributed by atoms with van der Waals surface area (Å²) >= 11 is 0. The highest BCUT2D eigenvalue weighted by Gasteiger charge is 2.51. The van der Waals surface area contributed by atoms with Crippen molar-refractivity contribution in [1.82, 2.24) is 15.3 Å². The van der Waals surface area contributed by atoms with Crippen LogP contribution in [0.4, 0.5) is 5.95 Å². The van der Waals surface area contributed by atoms with Gasteiger partial charge < -0.3 is 19.5 Å². The molecule has 0 atom stereocenters. The lowest BCUT2D eigenvalue weighted by Crippen LogP contribution is -2.44. The van der Waals surface area contributed by atoms with Gasteiger partial charge in [0.1, 0.15) is 0 Å². The highest BCUT2D eigenvalue weighted by molar-refractivity contribution is 6.61. The standard InChI is InChI=1S/C14H23BN4O2.ClH/c1-13(2)14(3,4)21-15(20-13)11-9-17-12(18-10-11)19-7-5-16-6-8-19;/h9-10,16H,5-8H2,1-4H3;1H. The zero-order chi connectivity index (χ0) is 15.1. The van der Waals surface area contributed by atoms with Gasteiger partial charge in [-0.25, -0.2) is 9.97 Å². The molecule has 22 heavy (non-hydrogen) atoms. The van der Waals surface area contributed by atoms with E-state index >= 15 is 0 Å². The maximum absolute atomic E-state index is 6.01. The second-order valence-electron chi connectivity index (χ2n) is 6.64. The molecule has 2 saturated heterocycles. The smallest absolute Gasteiger partial charge is 0.399 e. The van der Waals surface area contributed by atoms with Crippen LogP contribution >= 0.6 is 12.4 Å². The summed E-state index contributed by atoms with van der Waals surface area (Å²) in [4.78, 5) is 11.1. The predicted molar refractivity (Wildman–Crippen MR) is 90.1 cm³/mol. The van der Waals surface area contributed by atoms with Gasteiger partial charge in [-0.15, -0.1) is 12.4 Å². The van der Waals surface area contributed by atoms with Gasteiger partial charge in [-0.1, -0.05) is 0 Å². The Bertz CT molecular complexity index is 490. The molecule has 2 fully saturated rings. The zero-order valence-electron chi connectivity index (χ0n) is 13.6. The summed E-state index contributed by atoms with van der Waals surface area (Å²) in [6, 6.07) is 0. The summed E-state index contributed by atoms with van der Waals surface area (Å²) in [6.07, 6.45) is 3.62. The lowest BCUT2D eigenvalue weighted by Gasteiger charge is -2.32. The molecule has 2 aliphatic rings. The fraction of sp³-hybridized carbons (Fsp3) is 0.714. The van der Waals surface area contributed by atoms with E-state index in [1.54, 1.807) is 0 Å². The second kappa shape index (κ2) is 6.32. The van der Waals surface area contributed by atoms with Crippen molar-refractivity contribution >= 4 is 30.9 Å². The summed E-state index contributed by atoms with van der Waals surface area (Å²) in [6.45, 7) is 12.0. The monoisotopic (exact) mass is 326 g/mol. The van der Waals surface area contributed by atoms with Crippen molar-refractivity contribution in [3.8, 4) is 0 Å². The molecule has 0 radical (unpaired) electrons. The number of nitrogens with zero attached hydrogens (tertiary/aromatic N) is 3. The number of anilines is 1. The SMILES string of the molecule is CC1(C)OB(c2cnc(N3CCNCC3)nc2)OC1(C)C.Cl. The third kappa shape index (κ3) is 3.22. The highest BCUT2D eigenvalue weighted by atomic mass is 35.5. The van der Waals surface area contributed by atoms with E-state index < -0.39 is 7.12 Å². The maximum Gasteiger partial charge on any atom is 0.498 e. The summed E-state index contributed by atoms with van der Waals surface area (Å²) in [5.41, 5.74) is 0.191. The molecular weight excluding hydrogens is 302 g/mol. The van der Waals surface area contributed by atoms with Gasteiger partial charge in [-0.05, 0) is 27.7 Å². The summed E-state index contributed by atoms with van der Waals surface area (Å²) < 4.78 is 12.0. The zero-order valence-corrected chi connectivity index (χ0v) is 14.4. The van der Waals surface area contributed by atoms with E-state index in [-0.39, 0.29) is 23.6 Å². The number of aromatic nitrogens is 2. The van der Waals surface area contributed by atoms with Crippen LogP contribution in [0.25, 0.3) is 0 Å². The van der Waals surface area contributed by atoms with E-state index in [9.17, 15) is 0 Å². The first kappa shape index (κ1) is 17.5. The molecule has 1 N–H and O–H groups in total. The largest absolute Gasteiger partial charge is 0.498 e. The minimum absolute atomic E-state index is 0. The average Bonchev–Trinajstić information content (AvgIpc) is 2.69. The fourth-order valence-electron chi connectivity index (χ4n) is 2.46. The number of halogens is 1. The molecule has 0 spiro atoms. The van der Waals surface area contributed by atoms with E-state index in [2.05, 4.69) is 20.2 Å². The van der Waals surface area contributed by atoms with Crippen molar-refractivity contribution in [2.45, 2.75) is 38.9 Å². The molecule has 8 heteroatoms. The molecule has 0 saturated carbocycles. The Morgan fingerprint density at radius 1 is 1.05 bits per heavy atom. The van der Waals surface area contributed by atoms with E-state index in [0.29, 0.717) is 0 Å². The van der Waals surface area contributed by atoms with Crippen molar-refractivity contribution in [2.24, 2.45) is 0 Å². The van der Waals surface area contributed by atoms with Crippen molar-refractivity contribution < 1.29 is 9.31 Å². The molecule has 2 aliphatic heterocycles. The van der Waals surface area contributed by atoms with Gasteiger partial charge in [-0.2, -0.15) is 0 Å². The topological polar surface area (TPSA) is 59.5 Å². The molecule has 6 nitrogen and oxygen atoms in total. The summed E-state index contributed by atoms with van der Waals surface area (Å²) in [7, 11) is -0.396. The first-order chi connectivity index (χ1) is 9.89. The Kier molecular flexibility index (Phi) is 5.01. The fourth-order valence-corrected chi connectivity index (χ4v) is 2.46. The molecular formula is C14H24BClN4O2. The van der Waals surface area contributed by atoms with Crippen LogP contribution in [0.5, 0.6) is 0 Å². The molecule has 3 rings (SSSR count). The van der Waals surface area contributed by atoms with Crippen molar-refractivity contribution in [3.05, 3.63) is 12.4 Å². The molecule has 1 aromatic rings. The Morgan fingerprint density at radius 3 is 2.05 bits per heavy atom. The molecule has 0 aliphatic carbocycles. The van der Waals surface area contributed by atoms with Crippen molar-refractivity contribution in [3.63, 3.8) is 0 Å². The molecule has 0 aromatic carbocycles. The van der Waals surface area contributed by atoms with E-state index in [4.69, 9.17) is 9.31 Å². The number of hydrogen-bond acceptors (Lipinski definition) is 6. The lowest BCUT2D eigenvalue weighted by molar-refractivity contribution is 0.00578. The van der Waals surface area contributed by atoms with E-state index in [1.165, 1.54) is 0 Å². The molecule has 122 valence electrons. The van der Waals surface area contributed by atoms with Gasteiger partial charge in [0, 0.05) is 44.0 Å². The predicted octanol–water partition coefficient (Wildman–Crippen LogP) is 0.607. The third-order valence-electron chi connectivity index (χ3n) is 4.58. The van der Waals surface area contributed by atoms with Gasteiger partial charge in [-0.3, -0.25) is 0 Å². The van der Waals surface area contributed by atoms with Crippen LogP contribution in [0.3, 0.4) is 0 Å². The lowest BCUT2D eigenvalue weighted by atomic mass is 9.81. The first-order valence-electron chi connectivity index (χ1n) is 7.52.